The number of rotatable bonds is 3. The van der Waals surface area contributed by atoms with Gasteiger partial charge in [-0.1, -0.05) is 20.3 Å². The summed E-state index contributed by atoms with van der Waals surface area (Å²) in [5.41, 5.74) is 0.821. The molecule has 3 aliphatic heterocycles. The topological polar surface area (TPSA) is 66.9 Å². The summed E-state index contributed by atoms with van der Waals surface area (Å²) in [5, 5.41) is 0. The number of hydrogen-bond donors (Lipinski definition) is 0. The maximum atomic E-state index is 13.0. The van der Waals surface area contributed by atoms with Crippen LogP contribution in [0.1, 0.15) is 57.4 Å². The van der Waals surface area contributed by atoms with E-state index in [2.05, 4.69) is 6.92 Å². The number of carbonyl (C=O) groups is 1. The first-order valence-electron chi connectivity index (χ1n) is 10.5. The van der Waals surface area contributed by atoms with Gasteiger partial charge in [0.15, 0.2) is 6.10 Å². The van der Waals surface area contributed by atoms with Crippen molar-refractivity contribution in [1.82, 2.24) is 9.21 Å². The fraction of sp³-hybridized carbons (Fsp3) is 0.667. The van der Waals surface area contributed by atoms with E-state index >= 15 is 0 Å². The average molecular weight is 407 g/mol. The van der Waals surface area contributed by atoms with Gasteiger partial charge in [0, 0.05) is 37.7 Å². The third-order valence-corrected chi connectivity index (χ3v) is 8.24. The molecule has 6 nitrogen and oxygen atoms in total. The van der Waals surface area contributed by atoms with Crippen molar-refractivity contribution in [3.63, 3.8) is 0 Å². The average Bonchev–Trinajstić information content (AvgIpc) is 3.04. The van der Waals surface area contributed by atoms with E-state index in [4.69, 9.17) is 4.74 Å². The Hall–Kier alpha value is -1.60. The van der Waals surface area contributed by atoms with E-state index in [-0.39, 0.29) is 11.8 Å². The molecule has 0 spiro atoms. The molecule has 4 rings (SSSR count). The molecule has 0 aromatic heterocycles. The number of hydrogen-bond acceptors (Lipinski definition) is 4. The van der Waals surface area contributed by atoms with Crippen molar-refractivity contribution in [2.24, 2.45) is 5.92 Å². The third kappa shape index (κ3) is 3.54. The van der Waals surface area contributed by atoms with Crippen LogP contribution in [0.15, 0.2) is 23.1 Å². The number of ether oxygens (including phenoxy) is 1. The Morgan fingerprint density at radius 3 is 2.54 bits per heavy atom. The highest BCUT2D eigenvalue weighted by Gasteiger charge is 2.40. The van der Waals surface area contributed by atoms with Crippen LogP contribution in [0.5, 0.6) is 5.75 Å². The summed E-state index contributed by atoms with van der Waals surface area (Å²) in [6, 6.07) is 5.05. The molecule has 0 N–H and O–H groups in total. The summed E-state index contributed by atoms with van der Waals surface area (Å²) in [6.45, 7) is 6.85. The first kappa shape index (κ1) is 19.7. The van der Waals surface area contributed by atoms with Crippen LogP contribution in [0.2, 0.25) is 0 Å². The van der Waals surface area contributed by atoms with Crippen LogP contribution in [-0.2, 0) is 14.8 Å². The summed E-state index contributed by atoms with van der Waals surface area (Å²) in [5.74, 6) is 1.01. The Labute approximate surface area is 167 Å². The highest BCUT2D eigenvalue weighted by molar-refractivity contribution is 7.89. The van der Waals surface area contributed by atoms with Crippen LogP contribution < -0.4 is 4.74 Å². The Balaban J connectivity index is 1.55. The fourth-order valence-corrected chi connectivity index (χ4v) is 6.19. The molecule has 7 heteroatoms. The van der Waals surface area contributed by atoms with Gasteiger partial charge in [-0.2, -0.15) is 4.31 Å². The van der Waals surface area contributed by atoms with E-state index in [1.165, 1.54) is 0 Å². The molecule has 1 aromatic carbocycles. The van der Waals surface area contributed by atoms with E-state index < -0.39 is 16.1 Å². The van der Waals surface area contributed by atoms with E-state index in [1.54, 1.807) is 22.5 Å². The molecule has 2 fully saturated rings. The predicted molar refractivity (Wildman–Crippen MR) is 107 cm³/mol. The van der Waals surface area contributed by atoms with Crippen molar-refractivity contribution in [3.05, 3.63) is 23.8 Å². The zero-order valence-corrected chi connectivity index (χ0v) is 17.6. The zero-order valence-electron chi connectivity index (χ0n) is 16.8. The van der Waals surface area contributed by atoms with Gasteiger partial charge in [0.25, 0.3) is 5.91 Å². The molecule has 1 amide bonds. The highest BCUT2D eigenvalue weighted by Crippen LogP contribution is 2.40. The molecule has 0 bridgehead atoms. The second kappa shape index (κ2) is 7.67. The van der Waals surface area contributed by atoms with Gasteiger partial charge in [-0.3, -0.25) is 4.79 Å². The standard InChI is InChI=1S/C21H30N2O4S/c1-15-7-6-10-22(14-15)21(24)20-16(2)18-13-17(8-9-19(18)27-20)28(25,26)23-11-4-3-5-12-23/h8-9,13,15-16,20H,3-7,10-12,14H2,1-2H3. The molecule has 1 aromatic rings. The maximum Gasteiger partial charge on any atom is 0.264 e. The molecule has 3 atom stereocenters. The van der Waals surface area contributed by atoms with Crippen LogP contribution in [0.25, 0.3) is 0 Å². The number of sulfonamides is 1. The molecular weight excluding hydrogens is 376 g/mol. The van der Waals surface area contributed by atoms with Gasteiger partial charge in [-0.15, -0.1) is 0 Å². The number of carbonyl (C=O) groups excluding carboxylic acids is 1. The molecule has 3 unspecified atom stereocenters. The number of piperidine rings is 2. The summed E-state index contributed by atoms with van der Waals surface area (Å²) in [4.78, 5) is 15.2. The molecule has 3 aliphatic rings. The van der Waals surface area contributed by atoms with Gasteiger partial charge in [-0.25, -0.2) is 8.42 Å². The van der Waals surface area contributed by atoms with E-state index in [9.17, 15) is 13.2 Å². The first-order valence-corrected chi connectivity index (χ1v) is 11.9. The van der Waals surface area contributed by atoms with Crippen molar-refractivity contribution in [3.8, 4) is 5.75 Å². The van der Waals surface area contributed by atoms with Crippen LogP contribution in [0, 0.1) is 5.92 Å². The molecular formula is C21H30N2O4S. The quantitative estimate of drug-likeness (QED) is 0.774. The summed E-state index contributed by atoms with van der Waals surface area (Å²) in [7, 11) is -3.49. The van der Waals surface area contributed by atoms with Crippen molar-refractivity contribution in [1.29, 1.82) is 0 Å². The van der Waals surface area contributed by atoms with Crippen LogP contribution in [-0.4, -0.2) is 55.8 Å². The lowest BCUT2D eigenvalue weighted by Crippen LogP contribution is -2.46. The number of fused-ring (bicyclic) bond motifs is 1. The van der Waals surface area contributed by atoms with Crippen molar-refractivity contribution in [2.45, 2.75) is 62.9 Å². The van der Waals surface area contributed by atoms with Gasteiger partial charge < -0.3 is 9.64 Å². The highest BCUT2D eigenvalue weighted by atomic mass is 32.2. The molecule has 28 heavy (non-hydrogen) atoms. The number of likely N-dealkylation sites (tertiary alicyclic amines) is 1. The van der Waals surface area contributed by atoms with Crippen molar-refractivity contribution < 1.29 is 17.9 Å². The lowest BCUT2D eigenvalue weighted by molar-refractivity contribution is -0.140. The van der Waals surface area contributed by atoms with Gasteiger partial charge in [0.2, 0.25) is 10.0 Å². The summed E-state index contributed by atoms with van der Waals surface area (Å²) in [6.07, 6.45) is 4.53. The molecule has 2 saturated heterocycles. The van der Waals surface area contributed by atoms with E-state index in [0.717, 1.165) is 50.8 Å². The van der Waals surface area contributed by atoms with Gasteiger partial charge in [-0.05, 0) is 49.8 Å². The predicted octanol–water partition coefficient (Wildman–Crippen LogP) is 2.98. The minimum Gasteiger partial charge on any atom is -0.480 e. The number of nitrogens with zero attached hydrogens (tertiary/aromatic N) is 2. The zero-order chi connectivity index (χ0) is 19.9. The van der Waals surface area contributed by atoms with Crippen molar-refractivity contribution >= 4 is 15.9 Å². The Morgan fingerprint density at radius 2 is 1.82 bits per heavy atom. The summed E-state index contributed by atoms with van der Waals surface area (Å²) < 4.78 is 33.6. The van der Waals surface area contributed by atoms with Crippen LogP contribution >= 0.6 is 0 Å². The molecule has 3 heterocycles. The number of amides is 1. The largest absolute Gasteiger partial charge is 0.480 e. The number of benzene rings is 1. The molecule has 0 radical (unpaired) electrons. The summed E-state index contributed by atoms with van der Waals surface area (Å²) >= 11 is 0. The second-order valence-electron chi connectivity index (χ2n) is 8.52. The smallest absolute Gasteiger partial charge is 0.264 e. The Kier molecular flexibility index (Phi) is 5.40. The van der Waals surface area contributed by atoms with Crippen molar-refractivity contribution in [2.75, 3.05) is 26.2 Å². The van der Waals surface area contributed by atoms with Gasteiger partial charge >= 0.3 is 0 Å². The minimum atomic E-state index is -3.49. The monoisotopic (exact) mass is 406 g/mol. The van der Waals surface area contributed by atoms with Gasteiger partial charge in [0.05, 0.1) is 4.90 Å². The van der Waals surface area contributed by atoms with Gasteiger partial charge in [0.1, 0.15) is 5.75 Å². The molecule has 0 saturated carbocycles. The van der Waals surface area contributed by atoms with Crippen LogP contribution in [0.3, 0.4) is 0 Å². The third-order valence-electron chi connectivity index (χ3n) is 6.34. The second-order valence-corrected chi connectivity index (χ2v) is 10.5. The molecule has 0 aliphatic carbocycles. The first-order chi connectivity index (χ1) is 13.4. The Bertz CT molecular complexity index is 848. The minimum absolute atomic E-state index is 0.0238. The maximum absolute atomic E-state index is 13.0. The van der Waals surface area contributed by atoms with Crippen LogP contribution in [0.4, 0.5) is 0 Å². The van der Waals surface area contributed by atoms with E-state index in [1.807, 2.05) is 11.8 Å². The lowest BCUT2D eigenvalue weighted by Gasteiger charge is -2.33. The Morgan fingerprint density at radius 1 is 1.07 bits per heavy atom. The fourth-order valence-electron chi connectivity index (χ4n) is 4.64. The normalized spacial score (nSPS) is 28.6. The SMILES string of the molecule is CC1CCCN(C(=O)C2Oc3ccc(S(=O)(=O)N4CCCCC4)cc3C2C)C1. The molecule has 154 valence electrons. The van der Waals surface area contributed by atoms with E-state index in [0.29, 0.717) is 29.7 Å². The lowest BCUT2D eigenvalue weighted by atomic mass is 9.95.